The monoisotopic (exact) mass is 352 g/mol. The van der Waals surface area contributed by atoms with E-state index in [1.807, 2.05) is 13.0 Å². The second-order valence-electron chi connectivity index (χ2n) is 6.18. The third-order valence-corrected chi connectivity index (χ3v) is 4.37. The SMILES string of the molecule is CCCCC(C)(CNS(C)(=O)=O)Nc1nc(N)nc2cccnc12. The molecule has 0 aromatic carbocycles. The third kappa shape index (κ3) is 5.00. The van der Waals surface area contributed by atoms with Crippen LogP contribution in [-0.2, 0) is 10.0 Å². The molecule has 24 heavy (non-hydrogen) atoms. The number of hydrogen-bond donors (Lipinski definition) is 3. The smallest absolute Gasteiger partial charge is 0.222 e. The van der Waals surface area contributed by atoms with Gasteiger partial charge in [-0.1, -0.05) is 19.8 Å². The van der Waals surface area contributed by atoms with Gasteiger partial charge in [0.05, 0.1) is 11.8 Å². The van der Waals surface area contributed by atoms with Crippen LogP contribution in [0.25, 0.3) is 11.0 Å². The van der Waals surface area contributed by atoms with Crippen molar-refractivity contribution < 1.29 is 8.42 Å². The zero-order valence-corrected chi connectivity index (χ0v) is 15.0. The van der Waals surface area contributed by atoms with E-state index in [4.69, 9.17) is 5.73 Å². The van der Waals surface area contributed by atoms with Gasteiger partial charge in [-0.15, -0.1) is 0 Å². The Balaban J connectivity index is 2.35. The van der Waals surface area contributed by atoms with Gasteiger partial charge in [0.1, 0.15) is 5.52 Å². The Bertz CT molecular complexity index is 811. The largest absolute Gasteiger partial charge is 0.368 e. The molecule has 8 nitrogen and oxygen atoms in total. The van der Waals surface area contributed by atoms with Crippen LogP contribution in [0.4, 0.5) is 11.8 Å². The number of sulfonamides is 1. The van der Waals surface area contributed by atoms with Gasteiger partial charge in [0.25, 0.3) is 0 Å². The molecule has 0 aliphatic carbocycles. The molecule has 0 spiro atoms. The molecule has 2 heterocycles. The number of anilines is 2. The van der Waals surface area contributed by atoms with E-state index < -0.39 is 15.6 Å². The average Bonchev–Trinajstić information content (AvgIpc) is 2.50. The van der Waals surface area contributed by atoms with Crippen molar-refractivity contribution in [1.82, 2.24) is 19.7 Å². The van der Waals surface area contributed by atoms with Crippen LogP contribution in [0.15, 0.2) is 18.3 Å². The molecule has 9 heteroatoms. The molecule has 0 aliphatic heterocycles. The van der Waals surface area contributed by atoms with Crippen molar-refractivity contribution in [3.8, 4) is 0 Å². The molecule has 1 unspecified atom stereocenters. The van der Waals surface area contributed by atoms with Crippen molar-refractivity contribution in [2.75, 3.05) is 23.9 Å². The molecule has 0 radical (unpaired) electrons. The first-order chi connectivity index (χ1) is 11.2. The molecule has 4 N–H and O–H groups in total. The topological polar surface area (TPSA) is 123 Å². The number of rotatable bonds is 8. The second-order valence-corrected chi connectivity index (χ2v) is 8.02. The van der Waals surface area contributed by atoms with E-state index in [2.05, 4.69) is 31.9 Å². The maximum atomic E-state index is 11.5. The van der Waals surface area contributed by atoms with E-state index in [1.54, 1.807) is 12.3 Å². The number of nitrogen functional groups attached to an aromatic ring is 1. The van der Waals surface area contributed by atoms with Gasteiger partial charge >= 0.3 is 0 Å². The lowest BCUT2D eigenvalue weighted by atomic mass is 9.95. The van der Waals surface area contributed by atoms with E-state index in [1.165, 1.54) is 0 Å². The van der Waals surface area contributed by atoms with Crippen LogP contribution in [-0.4, -0.2) is 41.7 Å². The van der Waals surface area contributed by atoms with Gasteiger partial charge in [-0.3, -0.25) is 4.98 Å². The molecule has 0 bridgehead atoms. The predicted molar refractivity (Wildman–Crippen MR) is 96.1 cm³/mol. The molecule has 2 aromatic heterocycles. The number of nitrogens with one attached hydrogen (secondary N) is 2. The highest BCUT2D eigenvalue weighted by Crippen LogP contribution is 2.25. The first-order valence-electron chi connectivity index (χ1n) is 7.83. The van der Waals surface area contributed by atoms with Crippen LogP contribution in [0.3, 0.4) is 0 Å². The highest BCUT2D eigenvalue weighted by molar-refractivity contribution is 7.88. The Morgan fingerprint density at radius 2 is 2.08 bits per heavy atom. The number of unbranched alkanes of at least 4 members (excludes halogenated alkanes) is 1. The van der Waals surface area contributed by atoms with Crippen molar-refractivity contribution in [1.29, 1.82) is 0 Å². The van der Waals surface area contributed by atoms with E-state index >= 15 is 0 Å². The minimum absolute atomic E-state index is 0.145. The standard InChI is InChI=1S/C15H24N6O2S/c1-4-5-8-15(2,10-18-24(3,22)23)21-13-12-11(7-6-9-17-12)19-14(16)20-13/h6-7,9,18H,4-5,8,10H2,1-3H3,(H3,16,19,20,21). The average molecular weight is 352 g/mol. The molecule has 0 saturated carbocycles. The predicted octanol–water partition coefficient (Wildman–Crippen LogP) is 1.52. The quantitative estimate of drug-likeness (QED) is 0.658. The van der Waals surface area contributed by atoms with Crippen LogP contribution >= 0.6 is 0 Å². The second kappa shape index (κ2) is 7.27. The van der Waals surface area contributed by atoms with Crippen LogP contribution in [0.1, 0.15) is 33.1 Å². The van der Waals surface area contributed by atoms with Crippen LogP contribution in [0.2, 0.25) is 0 Å². The number of fused-ring (bicyclic) bond motifs is 1. The zero-order valence-electron chi connectivity index (χ0n) is 14.2. The van der Waals surface area contributed by atoms with E-state index in [0.29, 0.717) is 16.9 Å². The number of nitrogens with two attached hydrogens (primary N) is 1. The molecular weight excluding hydrogens is 328 g/mol. The highest BCUT2D eigenvalue weighted by atomic mass is 32.2. The van der Waals surface area contributed by atoms with Crippen LogP contribution < -0.4 is 15.8 Å². The van der Waals surface area contributed by atoms with Crippen molar-refractivity contribution in [3.05, 3.63) is 18.3 Å². The van der Waals surface area contributed by atoms with Gasteiger partial charge in [0.15, 0.2) is 5.82 Å². The Hall–Kier alpha value is -2.00. The summed E-state index contributed by atoms with van der Waals surface area (Å²) in [5, 5.41) is 3.33. The fourth-order valence-electron chi connectivity index (χ4n) is 2.41. The maximum absolute atomic E-state index is 11.5. The van der Waals surface area contributed by atoms with Gasteiger partial charge in [0.2, 0.25) is 16.0 Å². The number of pyridine rings is 1. The Labute approximate surface area is 142 Å². The van der Waals surface area contributed by atoms with Gasteiger partial charge in [-0.2, -0.15) is 4.98 Å². The molecule has 0 saturated heterocycles. The molecule has 1 atom stereocenters. The van der Waals surface area contributed by atoms with Crippen LogP contribution in [0, 0.1) is 0 Å². The molecule has 0 aliphatic rings. The summed E-state index contributed by atoms with van der Waals surface area (Å²) >= 11 is 0. The highest BCUT2D eigenvalue weighted by Gasteiger charge is 2.26. The molecular formula is C15H24N6O2S. The Morgan fingerprint density at radius 1 is 1.33 bits per heavy atom. The molecule has 2 rings (SSSR count). The van der Waals surface area contributed by atoms with Gasteiger partial charge in [-0.25, -0.2) is 18.1 Å². The van der Waals surface area contributed by atoms with E-state index in [-0.39, 0.29) is 12.5 Å². The maximum Gasteiger partial charge on any atom is 0.222 e. The summed E-state index contributed by atoms with van der Waals surface area (Å²) in [4.78, 5) is 12.7. The Morgan fingerprint density at radius 3 is 2.75 bits per heavy atom. The van der Waals surface area contributed by atoms with Crippen LogP contribution in [0.5, 0.6) is 0 Å². The van der Waals surface area contributed by atoms with E-state index in [9.17, 15) is 8.42 Å². The van der Waals surface area contributed by atoms with Gasteiger partial charge < -0.3 is 11.1 Å². The number of hydrogen-bond acceptors (Lipinski definition) is 7. The first kappa shape index (κ1) is 18.3. The Kier molecular flexibility index (Phi) is 5.55. The lowest BCUT2D eigenvalue weighted by Gasteiger charge is -2.31. The fraction of sp³-hybridized carbons (Fsp3) is 0.533. The van der Waals surface area contributed by atoms with Crippen molar-refractivity contribution in [2.24, 2.45) is 0 Å². The normalized spacial score (nSPS) is 14.5. The van der Waals surface area contributed by atoms with Crippen molar-refractivity contribution in [3.63, 3.8) is 0 Å². The zero-order chi connectivity index (χ0) is 17.8. The summed E-state index contributed by atoms with van der Waals surface area (Å²) in [5.41, 5.74) is 6.51. The summed E-state index contributed by atoms with van der Waals surface area (Å²) in [6.07, 6.45) is 5.52. The van der Waals surface area contributed by atoms with Crippen molar-refractivity contribution >= 4 is 32.8 Å². The fourth-order valence-corrected chi connectivity index (χ4v) is 2.99. The van der Waals surface area contributed by atoms with E-state index in [0.717, 1.165) is 25.5 Å². The van der Waals surface area contributed by atoms with Gasteiger partial charge in [0, 0.05) is 18.3 Å². The lowest BCUT2D eigenvalue weighted by Crippen LogP contribution is -2.46. The summed E-state index contributed by atoms with van der Waals surface area (Å²) in [7, 11) is -3.29. The lowest BCUT2D eigenvalue weighted by molar-refractivity contribution is 0.443. The summed E-state index contributed by atoms with van der Waals surface area (Å²) < 4.78 is 25.5. The first-order valence-corrected chi connectivity index (χ1v) is 9.73. The summed E-state index contributed by atoms with van der Waals surface area (Å²) in [6.45, 7) is 4.28. The minimum Gasteiger partial charge on any atom is -0.368 e. The minimum atomic E-state index is -3.29. The number of nitrogens with zero attached hydrogens (tertiary/aromatic N) is 3. The molecule has 132 valence electrons. The molecule has 0 fully saturated rings. The van der Waals surface area contributed by atoms with Gasteiger partial charge in [-0.05, 0) is 25.5 Å². The summed E-state index contributed by atoms with van der Waals surface area (Å²) in [5.74, 6) is 0.652. The third-order valence-electron chi connectivity index (χ3n) is 3.70. The number of aromatic nitrogens is 3. The van der Waals surface area contributed by atoms with Crippen molar-refractivity contribution in [2.45, 2.75) is 38.6 Å². The molecule has 2 aromatic rings. The summed E-state index contributed by atoms with van der Waals surface area (Å²) in [6, 6.07) is 3.59. The molecule has 0 amide bonds.